The Balaban J connectivity index is 2.18. The Morgan fingerprint density at radius 3 is 2.40 bits per heavy atom. The summed E-state index contributed by atoms with van der Waals surface area (Å²) in [5, 5.41) is 3.90. The molecule has 0 spiro atoms. The summed E-state index contributed by atoms with van der Waals surface area (Å²) in [7, 11) is 0. The first-order valence-electron chi connectivity index (χ1n) is 6.40. The molecule has 2 heterocycles. The Labute approximate surface area is 117 Å². The van der Waals surface area contributed by atoms with Crippen LogP contribution in [0.1, 0.15) is 11.1 Å². The fourth-order valence-corrected chi connectivity index (χ4v) is 2.18. The third-order valence-electron chi connectivity index (χ3n) is 3.46. The lowest BCUT2D eigenvalue weighted by Crippen LogP contribution is -1.89. The number of nitrogens with zero attached hydrogens (tertiary/aromatic N) is 2. The average molecular weight is 265 g/mol. The summed E-state index contributed by atoms with van der Waals surface area (Å²) >= 11 is 0. The molecule has 0 atom stereocenters. The second-order valence-electron chi connectivity index (χ2n) is 4.81. The van der Waals surface area contributed by atoms with Gasteiger partial charge < -0.3 is 10.3 Å². The van der Waals surface area contributed by atoms with Gasteiger partial charge in [-0.05, 0) is 48.7 Å². The lowest BCUT2D eigenvalue weighted by Gasteiger charge is -2.05. The van der Waals surface area contributed by atoms with Crippen molar-refractivity contribution < 1.29 is 4.52 Å². The van der Waals surface area contributed by atoms with E-state index in [1.165, 1.54) is 11.1 Å². The van der Waals surface area contributed by atoms with Crippen molar-refractivity contribution in [3.8, 4) is 22.5 Å². The fraction of sp³-hybridized carbons (Fsp3) is 0.125. The summed E-state index contributed by atoms with van der Waals surface area (Å²) < 4.78 is 5.44. The van der Waals surface area contributed by atoms with Gasteiger partial charge in [0.15, 0.2) is 11.6 Å². The molecule has 0 amide bonds. The molecule has 0 aliphatic rings. The van der Waals surface area contributed by atoms with Crippen molar-refractivity contribution in [2.75, 3.05) is 5.73 Å². The summed E-state index contributed by atoms with van der Waals surface area (Å²) in [4.78, 5) is 4.02. The zero-order chi connectivity index (χ0) is 14.1. The maximum Gasteiger partial charge on any atom is 0.176 e. The maximum atomic E-state index is 5.95. The monoisotopic (exact) mass is 265 g/mol. The van der Waals surface area contributed by atoms with Crippen molar-refractivity contribution >= 4 is 5.82 Å². The second-order valence-corrected chi connectivity index (χ2v) is 4.81. The molecular formula is C16H15N3O. The topological polar surface area (TPSA) is 64.9 Å². The first-order chi connectivity index (χ1) is 9.66. The number of benzene rings is 1. The van der Waals surface area contributed by atoms with Gasteiger partial charge in [0.05, 0.1) is 5.56 Å². The summed E-state index contributed by atoms with van der Waals surface area (Å²) in [5.74, 6) is 1.08. The van der Waals surface area contributed by atoms with E-state index in [2.05, 4.69) is 36.1 Å². The smallest absolute Gasteiger partial charge is 0.176 e. The van der Waals surface area contributed by atoms with Gasteiger partial charge in [0.2, 0.25) is 0 Å². The van der Waals surface area contributed by atoms with Gasteiger partial charge in [-0.2, -0.15) is 0 Å². The first-order valence-corrected chi connectivity index (χ1v) is 6.40. The molecule has 0 aliphatic heterocycles. The maximum absolute atomic E-state index is 5.95. The van der Waals surface area contributed by atoms with Gasteiger partial charge in [0, 0.05) is 18.0 Å². The molecule has 0 bridgehead atoms. The number of rotatable bonds is 2. The van der Waals surface area contributed by atoms with Crippen LogP contribution in [0.5, 0.6) is 0 Å². The van der Waals surface area contributed by atoms with Crippen molar-refractivity contribution in [3.63, 3.8) is 0 Å². The van der Waals surface area contributed by atoms with E-state index < -0.39 is 0 Å². The number of nitrogens with two attached hydrogens (primary N) is 1. The molecule has 0 fully saturated rings. The van der Waals surface area contributed by atoms with Crippen LogP contribution in [0, 0.1) is 13.8 Å². The normalized spacial score (nSPS) is 10.7. The molecule has 4 nitrogen and oxygen atoms in total. The Hall–Kier alpha value is -2.62. The van der Waals surface area contributed by atoms with E-state index >= 15 is 0 Å². The number of anilines is 1. The van der Waals surface area contributed by atoms with E-state index in [1.54, 1.807) is 12.4 Å². The molecule has 0 saturated carbocycles. The Kier molecular flexibility index (Phi) is 2.99. The van der Waals surface area contributed by atoms with Gasteiger partial charge in [-0.3, -0.25) is 4.98 Å². The van der Waals surface area contributed by atoms with Crippen molar-refractivity contribution in [2.45, 2.75) is 13.8 Å². The molecule has 3 rings (SSSR count). The van der Waals surface area contributed by atoms with Crippen molar-refractivity contribution in [1.29, 1.82) is 0 Å². The minimum Gasteiger partial charge on any atom is -0.380 e. The molecule has 4 heteroatoms. The van der Waals surface area contributed by atoms with Gasteiger partial charge in [-0.15, -0.1) is 0 Å². The van der Waals surface area contributed by atoms with Crippen LogP contribution in [-0.4, -0.2) is 10.1 Å². The average Bonchev–Trinajstić information content (AvgIpc) is 2.85. The predicted octanol–water partition coefficient (Wildman–Crippen LogP) is 3.60. The predicted molar refractivity (Wildman–Crippen MR) is 79.1 cm³/mol. The van der Waals surface area contributed by atoms with Crippen LogP contribution in [0.15, 0.2) is 47.2 Å². The highest BCUT2D eigenvalue weighted by atomic mass is 16.5. The van der Waals surface area contributed by atoms with E-state index in [0.29, 0.717) is 11.6 Å². The minimum absolute atomic E-state index is 0.393. The molecular weight excluding hydrogens is 250 g/mol. The first kappa shape index (κ1) is 12.4. The zero-order valence-corrected chi connectivity index (χ0v) is 11.4. The van der Waals surface area contributed by atoms with Crippen molar-refractivity contribution in [3.05, 3.63) is 53.9 Å². The zero-order valence-electron chi connectivity index (χ0n) is 11.4. The minimum atomic E-state index is 0.393. The number of hydrogen-bond acceptors (Lipinski definition) is 4. The van der Waals surface area contributed by atoms with E-state index in [0.717, 1.165) is 16.7 Å². The molecule has 20 heavy (non-hydrogen) atoms. The summed E-state index contributed by atoms with van der Waals surface area (Å²) in [6.07, 6.45) is 3.46. The summed E-state index contributed by atoms with van der Waals surface area (Å²) in [5.41, 5.74) is 11.1. The Morgan fingerprint density at radius 1 is 0.950 bits per heavy atom. The number of hydrogen-bond donors (Lipinski definition) is 1. The fourth-order valence-electron chi connectivity index (χ4n) is 2.18. The highest BCUT2D eigenvalue weighted by molar-refractivity contribution is 5.86. The molecule has 100 valence electrons. The third-order valence-corrected chi connectivity index (χ3v) is 3.46. The van der Waals surface area contributed by atoms with Crippen molar-refractivity contribution in [2.24, 2.45) is 0 Å². The highest BCUT2D eigenvalue weighted by Crippen LogP contribution is 2.36. The van der Waals surface area contributed by atoms with Crippen LogP contribution in [0.25, 0.3) is 22.5 Å². The largest absolute Gasteiger partial charge is 0.380 e. The highest BCUT2D eigenvalue weighted by Gasteiger charge is 2.17. The lowest BCUT2D eigenvalue weighted by atomic mass is 9.99. The number of nitrogen functional groups attached to an aromatic ring is 1. The van der Waals surface area contributed by atoms with Gasteiger partial charge in [0.1, 0.15) is 0 Å². The third kappa shape index (κ3) is 2.05. The number of pyridine rings is 1. The van der Waals surface area contributed by atoms with Crippen molar-refractivity contribution in [1.82, 2.24) is 10.1 Å². The van der Waals surface area contributed by atoms with Crippen LogP contribution in [0.2, 0.25) is 0 Å². The van der Waals surface area contributed by atoms with Crippen LogP contribution in [-0.2, 0) is 0 Å². The number of aryl methyl sites for hydroxylation is 2. The van der Waals surface area contributed by atoms with Gasteiger partial charge in [-0.1, -0.05) is 17.3 Å². The Morgan fingerprint density at radius 2 is 1.70 bits per heavy atom. The second kappa shape index (κ2) is 4.81. The van der Waals surface area contributed by atoms with Gasteiger partial charge >= 0.3 is 0 Å². The Bertz CT molecular complexity index is 748. The SMILES string of the molecule is Cc1ccc(-c2onc(N)c2-c2ccncc2)cc1C. The molecule has 2 N–H and O–H groups in total. The molecule has 2 aromatic heterocycles. The van der Waals surface area contributed by atoms with Gasteiger partial charge in [0.25, 0.3) is 0 Å². The van der Waals surface area contributed by atoms with Crippen LogP contribution in [0.4, 0.5) is 5.82 Å². The van der Waals surface area contributed by atoms with Crippen LogP contribution < -0.4 is 5.73 Å². The summed E-state index contributed by atoms with van der Waals surface area (Å²) in [6, 6.07) is 9.97. The van der Waals surface area contributed by atoms with E-state index in [9.17, 15) is 0 Å². The quantitative estimate of drug-likeness (QED) is 0.768. The van der Waals surface area contributed by atoms with E-state index in [-0.39, 0.29) is 0 Å². The molecule has 0 aliphatic carbocycles. The van der Waals surface area contributed by atoms with Crippen LogP contribution >= 0.6 is 0 Å². The van der Waals surface area contributed by atoms with E-state index in [4.69, 9.17) is 10.3 Å². The van der Waals surface area contributed by atoms with E-state index in [1.807, 2.05) is 18.2 Å². The van der Waals surface area contributed by atoms with Crippen LogP contribution in [0.3, 0.4) is 0 Å². The number of aromatic nitrogens is 2. The summed E-state index contributed by atoms with van der Waals surface area (Å²) in [6.45, 7) is 4.16. The lowest BCUT2D eigenvalue weighted by molar-refractivity contribution is 0.436. The molecule has 3 aromatic rings. The molecule has 0 radical (unpaired) electrons. The standard InChI is InChI=1S/C16H15N3O/c1-10-3-4-13(9-11(10)2)15-14(16(17)19-20-15)12-5-7-18-8-6-12/h3-9H,1-2H3,(H2,17,19). The molecule has 0 unspecified atom stereocenters. The molecule has 1 aromatic carbocycles. The molecule has 0 saturated heterocycles. The van der Waals surface area contributed by atoms with Gasteiger partial charge in [-0.25, -0.2) is 0 Å².